The molecule has 0 atom stereocenters. The molecule has 2 N–H and O–H groups in total. The smallest absolute Gasteiger partial charge is 0.221 e. The van der Waals surface area contributed by atoms with Crippen LogP contribution in [0.2, 0.25) is 5.02 Å². The van der Waals surface area contributed by atoms with Crippen LogP contribution in [0.4, 0.5) is 5.95 Å². The fourth-order valence-corrected chi connectivity index (χ4v) is 1.44. The van der Waals surface area contributed by atoms with Gasteiger partial charge in [0.05, 0.1) is 0 Å². The number of hydrogen-bond donors (Lipinski definition) is 1. The number of hydrogen-bond acceptors (Lipinski definition) is 3. The quantitative estimate of drug-likeness (QED) is 0.841. The average molecular weight is 223 g/mol. The van der Waals surface area contributed by atoms with Gasteiger partial charge in [-0.1, -0.05) is 23.7 Å². The van der Waals surface area contributed by atoms with Gasteiger partial charge in [0.15, 0.2) is 0 Å². The molecule has 15 heavy (non-hydrogen) atoms. The Morgan fingerprint density at radius 3 is 2.47 bits per heavy atom. The fraction of sp³-hybridized carbons (Fsp3) is 0.200. The predicted molar refractivity (Wildman–Crippen MR) is 59.7 cm³/mol. The van der Waals surface area contributed by atoms with E-state index in [9.17, 15) is 0 Å². The Bertz CT molecular complexity index is 461. The van der Waals surface area contributed by atoms with Crippen LogP contribution >= 0.6 is 11.6 Å². The van der Waals surface area contributed by atoms with Crippen molar-refractivity contribution in [3.63, 3.8) is 0 Å². The van der Waals surface area contributed by atoms with Crippen LogP contribution in [-0.4, -0.2) is 14.8 Å². The van der Waals surface area contributed by atoms with Crippen molar-refractivity contribution in [3.05, 3.63) is 40.7 Å². The molecule has 4 nitrogen and oxygen atoms in total. The third kappa shape index (κ3) is 2.10. The molecule has 1 aromatic heterocycles. The summed E-state index contributed by atoms with van der Waals surface area (Å²) in [6.07, 6.45) is 0.706. The van der Waals surface area contributed by atoms with Crippen molar-refractivity contribution in [3.8, 4) is 0 Å². The lowest BCUT2D eigenvalue weighted by atomic mass is 10.1. The van der Waals surface area contributed by atoms with Gasteiger partial charge in [0.1, 0.15) is 5.82 Å². The maximum absolute atomic E-state index is 5.80. The van der Waals surface area contributed by atoms with Crippen LogP contribution in [0.5, 0.6) is 0 Å². The summed E-state index contributed by atoms with van der Waals surface area (Å²) in [5.74, 6) is 1.27. The second-order valence-electron chi connectivity index (χ2n) is 3.34. The molecule has 5 heteroatoms. The molecule has 0 amide bonds. The molecule has 0 saturated heterocycles. The summed E-state index contributed by atoms with van der Waals surface area (Å²) < 4.78 is 1.77. The minimum Gasteiger partial charge on any atom is -0.368 e. The molecule has 78 valence electrons. The van der Waals surface area contributed by atoms with Gasteiger partial charge >= 0.3 is 0 Å². The van der Waals surface area contributed by atoms with E-state index >= 15 is 0 Å². The van der Waals surface area contributed by atoms with Crippen LogP contribution in [-0.2, 0) is 13.5 Å². The fourth-order valence-electron chi connectivity index (χ4n) is 1.31. The summed E-state index contributed by atoms with van der Waals surface area (Å²) in [4.78, 5) is 0. The summed E-state index contributed by atoms with van der Waals surface area (Å²) in [7, 11) is 1.85. The van der Waals surface area contributed by atoms with Crippen LogP contribution in [0.15, 0.2) is 24.3 Å². The SMILES string of the molecule is Cn1c(N)nnc1Cc1ccc(Cl)cc1. The lowest BCUT2D eigenvalue weighted by molar-refractivity contribution is 0.828. The van der Waals surface area contributed by atoms with Crippen molar-refractivity contribution in [1.29, 1.82) is 0 Å². The largest absolute Gasteiger partial charge is 0.368 e. The first-order valence-electron chi connectivity index (χ1n) is 4.55. The van der Waals surface area contributed by atoms with Crippen molar-refractivity contribution in [1.82, 2.24) is 14.8 Å². The Labute approximate surface area is 92.7 Å². The van der Waals surface area contributed by atoms with Crippen LogP contribution in [0, 0.1) is 0 Å². The molecule has 0 aliphatic carbocycles. The highest BCUT2D eigenvalue weighted by Gasteiger charge is 2.05. The maximum Gasteiger partial charge on any atom is 0.221 e. The maximum atomic E-state index is 5.80. The molecular formula is C10H11ClN4. The second-order valence-corrected chi connectivity index (χ2v) is 3.77. The minimum atomic E-state index is 0.430. The Kier molecular flexibility index (Phi) is 2.60. The molecule has 0 unspecified atom stereocenters. The standard InChI is InChI=1S/C10H11ClN4/c1-15-9(13-14-10(15)12)6-7-2-4-8(11)5-3-7/h2-5H,6H2,1H3,(H2,12,14). The van der Waals surface area contributed by atoms with Crippen LogP contribution in [0.3, 0.4) is 0 Å². The monoisotopic (exact) mass is 222 g/mol. The molecule has 0 aliphatic heterocycles. The summed E-state index contributed by atoms with van der Waals surface area (Å²) in [6.45, 7) is 0. The highest BCUT2D eigenvalue weighted by atomic mass is 35.5. The number of benzene rings is 1. The molecule has 0 spiro atoms. The Balaban J connectivity index is 2.22. The van der Waals surface area contributed by atoms with E-state index in [4.69, 9.17) is 17.3 Å². The molecule has 0 fully saturated rings. The number of aromatic nitrogens is 3. The van der Waals surface area contributed by atoms with E-state index in [0.717, 1.165) is 16.4 Å². The van der Waals surface area contributed by atoms with Crippen LogP contribution in [0.1, 0.15) is 11.4 Å². The van der Waals surface area contributed by atoms with Crippen molar-refractivity contribution >= 4 is 17.5 Å². The molecular weight excluding hydrogens is 212 g/mol. The number of anilines is 1. The average Bonchev–Trinajstić information content (AvgIpc) is 2.53. The summed E-state index contributed by atoms with van der Waals surface area (Å²) in [6, 6.07) is 7.65. The van der Waals surface area contributed by atoms with Gasteiger partial charge in [0.2, 0.25) is 5.95 Å². The van der Waals surface area contributed by atoms with Gasteiger partial charge in [-0.25, -0.2) is 0 Å². The normalized spacial score (nSPS) is 10.5. The number of nitrogens with zero attached hydrogens (tertiary/aromatic N) is 3. The molecule has 2 rings (SSSR count). The summed E-state index contributed by atoms with van der Waals surface area (Å²) in [5, 5.41) is 8.52. The number of nitrogens with two attached hydrogens (primary N) is 1. The van der Waals surface area contributed by atoms with Gasteiger partial charge in [-0.15, -0.1) is 10.2 Å². The lowest BCUT2D eigenvalue weighted by Crippen LogP contribution is -2.02. The van der Waals surface area contributed by atoms with Crippen molar-refractivity contribution in [2.75, 3.05) is 5.73 Å². The minimum absolute atomic E-state index is 0.430. The van der Waals surface area contributed by atoms with E-state index in [0.29, 0.717) is 12.4 Å². The number of halogens is 1. The third-order valence-electron chi connectivity index (χ3n) is 2.27. The molecule has 2 aromatic rings. The van der Waals surface area contributed by atoms with E-state index in [-0.39, 0.29) is 0 Å². The molecule has 0 bridgehead atoms. The Morgan fingerprint density at radius 2 is 1.93 bits per heavy atom. The zero-order valence-corrected chi connectivity index (χ0v) is 9.07. The zero-order valence-electron chi connectivity index (χ0n) is 8.31. The highest BCUT2D eigenvalue weighted by molar-refractivity contribution is 6.30. The van der Waals surface area contributed by atoms with Gasteiger partial charge in [0.25, 0.3) is 0 Å². The first kappa shape index (κ1) is 9.98. The van der Waals surface area contributed by atoms with E-state index in [1.165, 1.54) is 0 Å². The molecule has 1 aromatic carbocycles. The van der Waals surface area contributed by atoms with Crippen molar-refractivity contribution in [2.24, 2.45) is 7.05 Å². The predicted octanol–water partition coefficient (Wildman–Crippen LogP) is 1.64. The number of rotatable bonds is 2. The first-order valence-corrected chi connectivity index (χ1v) is 4.93. The second kappa shape index (κ2) is 3.90. The molecule has 0 radical (unpaired) electrons. The number of nitrogen functional groups attached to an aromatic ring is 1. The molecule has 1 heterocycles. The summed E-state index contributed by atoms with van der Waals surface area (Å²) >= 11 is 5.80. The molecule has 0 aliphatic rings. The van der Waals surface area contributed by atoms with Gasteiger partial charge < -0.3 is 10.3 Å². The van der Waals surface area contributed by atoms with E-state index in [1.807, 2.05) is 31.3 Å². The van der Waals surface area contributed by atoms with E-state index in [1.54, 1.807) is 4.57 Å². The van der Waals surface area contributed by atoms with E-state index < -0.39 is 0 Å². The van der Waals surface area contributed by atoms with Crippen LogP contribution in [0.25, 0.3) is 0 Å². The Morgan fingerprint density at radius 1 is 1.27 bits per heavy atom. The van der Waals surface area contributed by atoms with Crippen molar-refractivity contribution < 1.29 is 0 Å². The highest BCUT2D eigenvalue weighted by Crippen LogP contribution is 2.13. The van der Waals surface area contributed by atoms with Gasteiger partial charge in [-0.05, 0) is 17.7 Å². The van der Waals surface area contributed by atoms with Gasteiger partial charge in [-0.3, -0.25) is 0 Å². The lowest BCUT2D eigenvalue weighted by Gasteiger charge is -2.01. The van der Waals surface area contributed by atoms with Gasteiger partial charge in [-0.2, -0.15) is 0 Å². The van der Waals surface area contributed by atoms with E-state index in [2.05, 4.69) is 10.2 Å². The molecule has 0 saturated carbocycles. The third-order valence-corrected chi connectivity index (χ3v) is 2.53. The van der Waals surface area contributed by atoms with Gasteiger partial charge in [0, 0.05) is 18.5 Å². The van der Waals surface area contributed by atoms with Crippen LogP contribution < -0.4 is 5.73 Å². The topological polar surface area (TPSA) is 56.7 Å². The Hall–Kier alpha value is -1.55. The first-order chi connectivity index (χ1) is 7.16. The summed E-state index contributed by atoms with van der Waals surface area (Å²) in [5.41, 5.74) is 6.72. The zero-order chi connectivity index (χ0) is 10.8. The van der Waals surface area contributed by atoms with Crippen molar-refractivity contribution in [2.45, 2.75) is 6.42 Å².